The summed E-state index contributed by atoms with van der Waals surface area (Å²) in [5.74, 6) is -2.10. The number of benzene rings is 2. The van der Waals surface area contributed by atoms with Gasteiger partial charge in [0.2, 0.25) is 0 Å². The van der Waals surface area contributed by atoms with Crippen molar-refractivity contribution in [2.45, 2.75) is 19.6 Å². The summed E-state index contributed by atoms with van der Waals surface area (Å²) in [6, 6.07) is 8.90. The molecule has 0 aromatic heterocycles. The Balaban J connectivity index is 1.68. The highest BCUT2D eigenvalue weighted by atomic mass is 19.1. The van der Waals surface area contributed by atoms with Gasteiger partial charge in [-0.25, -0.2) is 8.78 Å². The van der Waals surface area contributed by atoms with E-state index in [1.165, 1.54) is 11.1 Å². The fourth-order valence-electron chi connectivity index (χ4n) is 2.41. The number of hydrogen-bond acceptors (Lipinski definition) is 2. The Labute approximate surface area is 121 Å². The van der Waals surface area contributed by atoms with Gasteiger partial charge in [0.25, 0.3) is 5.91 Å². The Kier molecular flexibility index (Phi) is 3.66. The van der Waals surface area contributed by atoms with Gasteiger partial charge in [-0.3, -0.25) is 4.79 Å². The van der Waals surface area contributed by atoms with Gasteiger partial charge in [-0.1, -0.05) is 18.2 Å². The van der Waals surface area contributed by atoms with Crippen LogP contribution >= 0.6 is 0 Å². The molecule has 0 aliphatic carbocycles. The topological polar surface area (TPSA) is 41.1 Å². The standard InChI is InChI=1S/C16H14F2N2O/c17-13-3-4-14(15(18)6-13)16(21)20-7-10-1-2-11-8-19-9-12(11)5-10/h1-6,19H,7-9H2,(H,20,21). The van der Waals surface area contributed by atoms with Gasteiger partial charge in [0.05, 0.1) is 5.56 Å². The predicted octanol–water partition coefficient (Wildman–Crippen LogP) is 2.50. The highest BCUT2D eigenvalue weighted by molar-refractivity contribution is 5.94. The summed E-state index contributed by atoms with van der Waals surface area (Å²) in [7, 11) is 0. The molecule has 0 atom stereocenters. The Hall–Kier alpha value is -2.27. The van der Waals surface area contributed by atoms with Crippen LogP contribution in [0.2, 0.25) is 0 Å². The third-order valence-corrected chi connectivity index (χ3v) is 3.53. The Morgan fingerprint density at radius 2 is 1.90 bits per heavy atom. The monoisotopic (exact) mass is 288 g/mol. The molecule has 0 saturated carbocycles. The summed E-state index contributed by atoms with van der Waals surface area (Å²) in [4.78, 5) is 11.9. The quantitative estimate of drug-likeness (QED) is 0.911. The van der Waals surface area contributed by atoms with Crippen LogP contribution in [0.15, 0.2) is 36.4 Å². The molecule has 2 aromatic rings. The maximum atomic E-state index is 13.5. The lowest BCUT2D eigenvalue weighted by atomic mass is 10.1. The van der Waals surface area contributed by atoms with Crippen LogP contribution in [0.4, 0.5) is 8.78 Å². The molecule has 0 spiro atoms. The summed E-state index contributed by atoms with van der Waals surface area (Å²) < 4.78 is 26.3. The maximum absolute atomic E-state index is 13.5. The molecule has 108 valence electrons. The van der Waals surface area contributed by atoms with E-state index >= 15 is 0 Å². The summed E-state index contributed by atoms with van der Waals surface area (Å²) >= 11 is 0. The predicted molar refractivity (Wildman–Crippen MR) is 74.5 cm³/mol. The van der Waals surface area contributed by atoms with Crippen molar-refractivity contribution in [3.8, 4) is 0 Å². The molecule has 2 N–H and O–H groups in total. The number of carbonyl (C=O) groups excluding carboxylic acids is 1. The second-order valence-electron chi connectivity index (χ2n) is 5.01. The number of fused-ring (bicyclic) bond motifs is 1. The minimum absolute atomic E-state index is 0.153. The van der Waals surface area contributed by atoms with Gasteiger partial charge in [0.1, 0.15) is 11.6 Å². The van der Waals surface area contributed by atoms with E-state index in [-0.39, 0.29) is 5.56 Å². The molecule has 1 aliphatic heterocycles. The largest absolute Gasteiger partial charge is 0.348 e. The second kappa shape index (κ2) is 5.61. The van der Waals surface area contributed by atoms with E-state index in [4.69, 9.17) is 0 Å². The zero-order valence-corrected chi connectivity index (χ0v) is 11.2. The van der Waals surface area contributed by atoms with Crippen LogP contribution < -0.4 is 10.6 Å². The third-order valence-electron chi connectivity index (χ3n) is 3.53. The molecule has 3 rings (SSSR count). The lowest BCUT2D eigenvalue weighted by Crippen LogP contribution is -2.24. The lowest BCUT2D eigenvalue weighted by molar-refractivity contribution is 0.0947. The van der Waals surface area contributed by atoms with Gasteiger partial charge >= 0.3 is 0 Å². The first-order valence-corrected chi connectivity index (χ1v) is 6.68. The fourth-order valence-corrected chi connectivity index (χ4v) is 2.41. The summed E-state index contributed by atoms with van der Waals surface area (Å²) in [5, 5.41) is 5.89. The lowest BCUT2D eigenvalue weighted by Gasteiger charge is -2.08. The van der Waals surface area contributed by atoms with E-state index in [0.717, 1.165) is 30.8 Å². The Morgan fingerprint density at radius 1 is 1.10 bits per heavy atom. The van der Waals surface area contributed by atoms with Crippen molar-refractivity contribution >= 4 is 5.91 Å². The molecule has 2 aromatic carbocycles. The first-order chi connectivity index (χ1) is 10.1. The molecule has 1 amide bonds. The van der Waals surface area contributed by atoms with Crippen molar-refractivity contribution in [3.05, 3.63) is 70.3 Å². The van der Waals surface area contributed by atoms with Crippen LogP contribution in [0.3, 0.4) is 0 Å². The van der Waals surface area contributed by atoms with Gasteiger partial charge in [-0.2, -0.15) is 0 Å². The zero-order valence-electron chi connectivity index (χ0n) is 11.2. The van der Waals surface area contributed by atoms with Gasteiger partial charge in [0, 0.05) is 25.7 Å². The Bertz CT molecular complexity index is 701. The van der Waals surface area contributed by atoms with Gasteiger partial charge < -0.3 is 10.6 Å². The molecule has 0 unspecified atom stereocenters. The van der Waals surface area contributed by atoms with Crippen molar-refractivity contribution in [1.82, 2.24) is 10.6 Å². The molecule has 0 radical (unpaired) electrons. The van der Waals surface area contributed by atoms with E-state index in [0.29, 0.717) is 12.6 Å². The highest BCUT2D eigenvalue weighted by Gasteiger charge is 2.13. The minimum atomic E-state index is -0.856. The van der Waals surface area contributed by atoms with Crippen molar-refractivity contribution in [2.75, 3.05) is 0 Å². The van der Waals surface area contributed by atoms with E-state index in [1.54, 1.807) is 0 Å². The first kappa shape index (κ1) is 13.7. The first-order valence-electron chi connectivity index (χ1n) is 6.68. The molecular formula is C16H14F2N2O. The molecule has 1 heterocycles. The van der Waals surface area contributed by atoms with Crippen molar-refractivity contribution in [3.63, 3.8) is 0 Å². The number of hydrogen-bond donors (Lipinski definition) is 2. The Morgan fingerprint density at radius 3 is 2.71 bits per heavy atom. The number of halogens is 2. The van der Waals surface area contributed by atoms with Crippen LogP contribution in [0, 0.1) is 11.6 Å². The average molecular weight is 288 g/mol. The molecule has 21 heavy (non-hydrogen) atoms. The third kappa shape index (κ3) is 2.92. The van der Waals surface area contributed by atoms with Crippen LogP contribution in [0.5, 0.6) is 0 Å². The molecule has 5 heteroatoms. The number of carbonyl (C=O) groups is 1. The van der Waals surface area contributed by atoms with Crippen LogP contribution in [-0.2, 0) is 19.6 Å². The molecule has 3 nitrogen and oxygen atoms in total. The smallest absolute Gasteiger partial charge is 0.254 e. The average Bonchev–Trinajstić information content (AvgIpc) is 2.92. The van der Waals surface area contributed by atoms with E-state index in [2.05, 4.69) is 10.6 Å². The van der Waals surface area contributed by atoms with E-state index < -0.39 is 17.5 Å². The molecule has 0 bridgehead atoms. The molecule has 0 saturated heterocycles. The van der Waals surface area contributed by atoms with E-state index in [9.17, 15) is 13.6 Å². The number of amides is 1. The van der Waals surface area contributed by atoms with E-state index in [1.807, 2.05) is 18.2 Å². The van der Waals surface area contributed by atoms with Crippen LogP contribution in [-0.4, -0.2) is 5.91 Å². The summed E-state index contributed by atoms with van der Waals surface area (Å²) in [5.41, 5.74) is 3.27. The molecule has 1 aliphatic rings. The zero-order chi connectivity index (χ0) is 14.8. The second-order valence-corrected chi connectivity index (χ2v) is 5.01. The summed E-state index contributed by atoms with van der Waals surface area (Å²) in [6.45, 7) is 2.00. The summed E-state index contributed by atoms with van der Waals surface area (Å²) in [6.07, 6.45) is 0. The van der Waals surface area contributed by atoms with Crippen LogP contribution in [0.25, 0.3) is 0 Å². The van der Waals surface area contributed by atoms with Gasteiger partial charge in [-0.05, 0) is 28.8 Å². The minimum Gasteiger partial charge on any atom is -0.348 e. The van der Waals surface area contributed by atoms with Crippen molar-refractivity contribution in [2.24, 2.45) is 0 Å². The highest BCUT2D eigenvalue weighted by Crippen LogP contribution is 2.17. The molecular weight excluding hydrogens is 274 g/mol. The number of nitrogens with one attached hydrogen (secondary N) is 2. The van der Waals surface area contributed by atoms with Gasteiger partial charge in [0.15, 0.2) is 0 Å². The molecule has 0 fully saturated rings. The SMILES string of the molecule is O=C(NCc1ccc2c(c1)CNC2)c1ccc(F)cc1F. The number of rotatable bonds is 3. The van der Waals surface area contributed by atoms with Crippen LogP contribution in [0.1, 0.15) is 27.0 Å². The maximum Gasteiger partial charge on any atom is 0.254 e. The van der Waals surface area contributed by atoms with Crippen molar-refractivity contribution in [1.29, 1.82) is 0 Å². The fraction of sp³-hybridized carbons (Fsp3) is 0.188. The van der Waals surface area contributed by atoms with Crippen molar-refractivity contribution < 1.29 is 13.6 Å². The van der Waals surface area contributed by atoms with Gasteiger partial charge in [-0.15, -0.1) is 0 Å². The normalized spacial score (nSPS) is 13.0.